The molecule has 0 bridgehead atoms. The van der Waals surface area contributed by atoms with E-state index in [0.29, 0.717) is 0 Å². The maximum absolute atomic E-state index is 12.8. The normalized spacial score (nSPS) is 15.3. The Labute approximate surface area is 171 Å². The molecule has 0 amide bonds. The highest BCUT2D eigenvalue weighted by molar-refractivity contribution is 7.91. The van der Waals surface area contributed by atoms with Gasteiger partial charge in [0.1, 0.15) is 5.82 Å². The van der Waals surface area contributed by atoms with Gasteiger partial charge < -0.3 is 5.73 Å². The summed E-state index contributed by atoms with van der Waals surface area (Å²) in [5, 5.41) is -0.187. The number of nitrogens with two attached hydrogens (primary N) is 1. The van der Waals surface area contributed by atoms with Crippen LogP contribution in [0.25, 0.3) is 16.6 Å². The number of anilines is 1. The van der Waals surface area contributed by atoms with Gasteiger partial charge in [0, 0.05) is 28.4 Å². The monoisotopic (exact) mass is 429 g/mol. The molecule has 2 aromatic heterocycles. The number of para-hydroxylation sites is 1. The van der Waals surface area contributed by atoms with E-state index in [0.717, 1.165) is 34.1 Å². The molecular weight excluding hydrogens is 410 g/mol. The lowest BCUT2D eigenvalue weighted by molar-refractivity contribution is 0.573. The molecule has 0 saturated heterocycles. The maximum atomic E-state index is 12.8. The summed E-state index contributed by atoms with van der Waals surface area (Å²) in [6.07, 6.45) is 1.62. The number of fused-ring (bicyclic) bond motifs is 2. The molecule has 4 rings (SSSR count). The Hall–Kier alpha value is -2.85. The Morgan fingerprint density at radius 3 is 2.72 bits per heavy atom. The fourth-order valence-corrected chi connectivity index (χ4v) is 6.05. The minimum absolute atomic E-state index is 0.000706. The van der Waals surface area contributed by atoms with Gasteiger partial charge in [0.05, 0.1) is 17.0 Å². The minimum Gasteiger partial charge on any atom is -0.384 e. The van der Waals surface area contributed by atoms with Crippen LogP contribution in [0.15, 0.2) is 39.2 Å². The molecule has 1 aromatic carbocycles. The van der Waals surface area contributed by atoms with E-state index >= 15 is 0 Å². The van der Waals surface area contributed by atoms with Crippen LogP contribution in [0.3, 0.4) is 0 Å². The first-order chi connectivity index (χ1) is 13.7. The molecule has 150 valence electrons. The van der Waals surface area contributed by atoms with Crippen molar-refractivity contribution in [3.63, 3.8) is 0 Å². The molecule has 29 heavy (non-hydrogen) atoms. The number of aromatic nitrogens is 3. The summed E-state index contributed by atoms with van der Waals surface area (Å²) in [7, 11) is -3.69. The van der Waals surface area contributed by atoms with Crippen LogP contribution in [0.4, 0.5) is 11.5 Å². The van der Waals surface area contributed by atoms with Crippen molar-refractivity contribution in [2.24, 2.45) is 10.9 Å². The quantitative estimate of drug-likeness (QED) is 0.681. The van der Waals surface area contributed by atoms with Crippen LogP contribution in [0.5, 0.6) is 0 Å². The van der Waals surface area contributed by atoms with Crippen LogP contribution in [0, 0.1) is 5.92 Å². The fourth-order valence-electron chi connectivity index (χ4n) is 3.30. The van der Waals surface area contributed by atoms with Gasteiger partial charge >= 0.3 is 0 Å². The molecule has 0 radical (unpaired) electrons. The first-order valence-corrected chi connectivity index (χ1v) is 11.4. The van der Waals surface area contributed by atoms with Crippen molar-refractivity contribution in [1.82, 2.24) is 13.8 Å². The van der Waals surface area contributed by atoms with Gasteiger partial charge in [-0.25, -0.2) is 12.8 Å². The lowest BCUT2D eigenvalue weighted by Gasteiger charge is -2.09. The molecule has 10 heteroatoms. The predicted octanol–water partition coefficient (Wildman–Crippen LogP) is 2.81. The van der Waals surface area contributed by atoms with Gasteiger partial charge in [0.2, 0.25) is 20.0 Å². The van der Waals surface area contributed by atoms with Gasteiger partial charge in [0.15, 0.2) is 0 Å². The van der Waals surface area contributed by atoms with E-state index in [1.165, 1.54) is 4.40 Å². The van der Waals surface area contributed by atoms with Gasteiger partial charge in [-0.05, 0) is 25.0 Å². The second-order valence-corrected chi connectivity index (χ2v) is 9.90. The number of aliphatic imine (C=N–C) groups is 1. The third-order valence-electron chi connectivity index (χ3n) is 4.52. The molecule has 0 aliphatic carbocycles. The Kier molecular flexibility index (Phi) is 4.62. The standard InChI is InChI=1S/C19H19N5O3S2/c1-10(2)9-29(26,27)19-23-28-18-22-17(25)14(16(20)24(18)19)8-13-11(3)21-15-7-5-4-6-12(13)15/h4-8,10H,9,20H2,1-3H3. The van der Waals surface area contributed by atoms with Crippen LogP contribution >= 0.6 is 11.5 Å². The number of rotatable bonds is 4. The van der Waals surface area contributed by atoms with Crippen molar-refractivity contribution in [1.29, 1.82) is 0 Å². The van der Waals surface area contributed by atoms with Crippen molar-refractivity contribution in [3.8, 4) is 0 Å². The second kappa shape index (κ2) is 6.89. The average Bonchev–Trinajstić information content (AvgIpc) is 3.19. The van der Waals surface area contributed by atoms with Gasteiger partial charge in [-0.15, -0.1) is 0 Å². The number of hydrogen-bond acceptors (Lipinski definition) is 8. The zero-order valence-corrected chi connectivity index (χ0v) is 17.7. The van der Waals surface area contributed by atoms with Crippen LogP contribution in [-0.2, 0) is 9.84 Å². The molecule has 0 spiro atoms. The van der Waals surface area contributed by atoms with Crippen LogP contribution in [0.1, 0.15) is 31.9 Å². The van der Waals surface area contributed by atoms with E-state index in [9.17, 15) is 13.2 Å². The summed E-state index contributed by atoms with van der Waals surface area (Å²) in [5.41, 5.74) is 9.03. The largest absolute Gasteiger partial charge is 0.384 e. The molecule has 0 unspecified atom stereocenters. The Morgan fingerprint density at radius 2 is 2.00 bits per heavy atom. The zero-order chi connectivity index (χ0) is 20.9. The minimum atomic E-state index is -3.69. The summed E-state index contributed by atoms with van der Waals surface area (Å²) >= 11 is 0.835. The van der Waals surface area contributed by atoms with Crippen molar-refractivity contribution in [3.05, 3.63) is 45.7 Å². The third kappa shape index (κ3) is 3.28. The van der Waals surface area contributed by atoms with Crippen LogP contribution in [0.2, 0.25) is 0 Å². The van der Waals surface area contributed by atoms with Gasteiger partial charge in [-0.3, -0.25) is 9.79 Å². The summed E-state index contributed by atoms with van der Waals surface area (Å²) in [5.74, 6) is -0.158. The molecule has 2 N–H and O–H groups in total. The van der Waals surface area contributed by atoms with E-state index < -0.39 is 15.4 Å². The summed E-state index contributed by atoms with van der Waals surface area (Å²) in [6.45, 7) is 5.46. The van der Waals surface area contributed by atoms with Crippen molar-refractivity contribution >= 4 is 55.2 Å². The van der Waals surface area contributed by atoms with E-state index in [1.807, 2.05) is 45.0 Å². The lowest BCUT2D eigenvalue weighted by Crippen LogP contribution is -2.20. The SMILES string of the molecule is CC1=Nc2ccccc2C1=Cc1c(N)n2c(S(=O)(=O)CC(C)C)nsc2nc1=O. The van der Waals surface area contributed by atoms with E-state index in [2.05, 4.69) is 14.3 Å². The van der Waals surface area contributed by atoms with E-state index in [4.69, 9.17) is 5.73 Å². The predicted molar refractivity (Wildman–Crippen MR) is 116 cm³/mol. The van der Waals surface area contributed by atoms with Crippen LogP contribution < -0.4 is 11.3 Å². The van der Waals surface area contributed by atoms with Gasteiger partial charge in [0.25, 0.3) is 5.56 Å². The number of hydrogen-bond donors (Lipinski definition) is 1. The molecule has 1 aliphatic heterocycles. The number of nitrogens with zero attached hydrogens (tertiary/aromatic N) is 4. The molecule has 8 nitrogen and oxygen atoms in total. The topological polar surface area (TPSA) is 120 Å². The van der Waals surface area contributed by atoms with Crippen LogP contribution in [-0.4, -0.2) is 33.6 Å². The lowest BCUT2D eigenvalue weighted by atomic mass is 10.0. The maximum Gasteiger partial charge on any atom is 0.283 e. The Balaban J connectivity index is 1.95. The average molecular weight is 430 g/mol. The summed E-state index contributed by atoms with van der Waals surface area (Å²) in [6, 6.07) is 7.57. The number of nitrogen functional groups attached to an aromatic ring is 1. The first kappa shape index (κ1) is 19.5. The van der Waals surface area contributed by atoms with Crippen molar-refractivity contribution in [2.45, 2.75) is 25.9 Å². The van der Waals surface area contributed by atoms with Crippen molar-refractivity contribution < 1.29 is 8.42 Å². The Morgan fingerprint density at radius 1 is 1.28 bits per heavy atom. The number of allylic oxidation sites excluding steroid dienone is 1. The van der Waals surface area contributed by atoms with Gasteiger partial charge in [-0.2, -0.15) is 9.36 Å². The van der Waals surface area contributed by atoms with E-state index in [1.54, 1.807) is 6.08 Å². The number of benzene rings is 1. The molecule has 0 atom stereocenters. The highest BCUT2D eigenvalue weighted by atomic mass is 32.2. The Bertz CT molecular complexity index is 1360. The molecule has 0 saturated carbocycles. The third-order valence-corrected chi connectivity index (χ3v) is 7.28. The van der Waals surface area contributed by atoms with E-state index in [-0.39, 0.29) is 33.2 Å². The molecule has 0 fully saturated rings. The number of sulfone groups is 1. The zero-order valence-electron chi connectivity index (χ0n) is 16.1. The summed E-state index contributed by atoms with van der Waals surface area (Å²) < 4.78 is 30.8. The summed E-state index contributed by atoms with van der Waals surface area (Å²) in [4.78, 5) is 21.3. The smallest absolute Gasteiger partial charge is 0.283 e. The first-order valence-electron chi connectivity index (χ1n) is 8.96. The van der Waals surface area contributed by atoms with Gasteiger partial charge in [-0.1, -0.05) is 32.0 Å². The van der Waals surface area contributed by atoms with Crippen molar-refractivity contribution in [2.75, 3.05) is 11.5 Å². The molecule has 3 aromatic rings. The highest BCUT2D eigenvalue weighted by Gasteiger charge is 2.26. The highest BCUT2D eigenvalue weighted by Crippen LogP contribution is 2.36. The molecular formula is C19H19N5O3S2. The molecule has 3 heterocycles. The second-order valence-electron chi connectivity index (χ2n) is 7.25. The molecule has 1 aliphatic rings. The fraction of sp³-hybridized carbons (Fsp3) is 0.263.